The Labute approximate surface area is 160 Å². The van der Waals surface area contributed by atoms with Gasteiger partial charge in [-0.15, -0.1) is 24.8 Å². The molecule has 0 aliphatic carbocycles. The Hall–Kier alpha value is -1.30. The van der Waals surface area contributed by atoms with E-state index in [1.807, 2.05) is 0 Å². The van der Waals surface area contributed by atoms with E-state index in [0.717, 1.165) is 32.7 Å². The number of para-hydroxylation sites is 2. The van der Waals surface area contributed by atoms with Gasteiger partial charge < -0.3 is 15.0 Å². The zero-order chi connectivity index (χ0) is 15.6. The first kappa shape index (κ1) is 20.0. The number of nitrogens with one attached hydrogen (secondary N) is 1. The largest absolute Gasteiger partial charge is 0.390 e. The zero-order valence-corrected chi connectivity index (χ0v) is 15.7. The molecule has 1 unspecified atom stereocenters. The third kappa shape index (κ3) is 4.10. The molecular formula is C19H25Cl2N3O. The van der Waals surface area contributed by atoms with Gasteiger partial charge in [0.05, 0.1) is 12.6 Å². The highest BCUT2D eigenvalue weighted by Crippen LogP contribution is 2.28. The van der Waals surface area contributed by atoms with Crippen LogP contribution in [-0.2, 0) is 6.54 Å². The summed E-state index contributed by atoms with van der Waals surface area (Å²) in [5.74, 6) is 0. The minimum absolute atomic E-state index is 0. The van der Waals surface area contributed by atoms with Crippen molar-refractivity contribution in [2.45, 2.75) is 12.6 Å². The summed E-state index contributed by atoms with van der Waals surface area (Å²) in [6.07, 6.45) is -0.354. The van der Waals surface area contributed by atoms with Crippen LogP contribution >= 0.6 is 24.8 Å². The first-order valence-corrected chi connectivity index (χ1v) is 8.40. The monoisotopic (exact) mass is 381 g/mol. The summed E-state index contributed by atoms with van der Waals surface area (Å²) in [4.78, 5) is 2.34. The fraction of sp³-hybridized carbons (Fsp3) is 0.368. The molecule has 25 heavy (non-hydrogen) atoms. The molecule has 6 heteroatoms. The Bertz CT molecular complexity index is 761. The third-order valence-electron chi connectivity index (χ3n) is 4.75. The molecule has 3 aromatic rings. The van der Waals surface area contributed by atoms with Crippen LogP contribution in [0.1, 0.15) is 0 Å². The van der Waals surface area contributed by atoms with Crippen LogP contribution in [0.4, 0.5) is 0 Å². The fourth-order valence-corrected chi connectivity index (χ4v) is 3.66. The van der Waals surface area contributed by atoms with Gasteiger partial charge in [0.1, 0.15) is 0 Å². The molecule has 2 aromatic carbocycles. The second kappa shape index (κ2) is 8.88. The van der Waals surface area contributed by atoms with Gasteiger partial charge in [-0.2, -0.15) is 0 Å². The van der Waals surface area contributed by atoms with Crippen LogP contribution in [0.25, 0.3) is 21.8 Å². The molecule has 2 heterocycles. The number of halogens is 2. The topological polar surface area (TPSA) is 40.4 Å². The maximum Gasteiger partial charge on any atom is 0.0845 e. The molecule has 1 aromatic heterocycles. The van der Waals surface area contributed by atoms with Gasteiger partial charge in [0, 0.05) is 54.5 Å². The maximum atomic E-state index is 10.6. The lowest BCUT2D eigenvalue weighted by Gasteiger charge is -2.29. The third-order valence-corrected chi connectivity index (χ3v) is 4.75. The molecule has 1 aliphatic rings. The number of hydrogen-bond acceptors (Lipinski definition) is 3. The van der Waals surface area contributed by atoms with E-state index in [2.05, 4.69) is 63.3 Å². The molecule has 136 valence electrons. The average Bonchev–Trinajstić information content (AvgIpc) is 2.90. The summed E-state index contributed by atoms with van der Waals surface area (Å²) in [5, 5.41) is 16.5. The smallest absolute Gasteiger partial charge is 0.0845 e. The first-order valence-electron chi connectivity index (χ1n) is 8.40. The summed E-state index contributed by atoms with van der Waals surface area (Å²) in [7, 11) is 0. The van der Waals surface area contributed by atoms with Crippen molar-refractivity contribution < 1.29 is 5.11 Å². The van der Waals surface area contributed by atoms with Crippen LogP contribution in [-0.4, -0.2) is 53.4 Å². The minimum atomic E-state index is -0.354. The van der Waals surface area contributed by atoms with Crippen LogP contribution in [0.2, 0.25) is 0 Å². The molecule has 0 bridgehead atoms. The number of piperazine rings is 1. The van der Waals surface area contributed by atoms with Gasteiger partial charge in [-0.3, -0.25) is 4.90 Å². The molecule has 4 rings (SSSR count). The quantitative estimate of drug-likeness (QED) is 0.729. The van der Waals surface area contributed by atoms with Crippen molar-refractivity contribution in [2.75, 3.05) is 32.7 Å². The van der Waals surface area contributed by atoms with Crippen LogP contribution in [0.15, 0.2) is 48.5 Å². The lowest BCUT2D eigenvalue weighted by molar-refractivity contribution is 0.0936. The van der Waals surface area contributed by atoms with E-state index < -0.39 is 0 Å². The van der Waals surface area contributed by atoms with Crippen molar-refractivity contribution in [3.8, 4) is 0 Å². The highest BCUT2D eigenvalue weighted by atomic mass is 35.5. The van der Waals surface area contributed by atoms with E-state index in [4.69, 9.17) is 0 Å². The average molecular weight is 382 g/mol. The Morgan fingerprint density at radius 3 is 1.92 bits per heavy atom. The van der Waals surface area contributed by atoms with Crippen LogP contribution in [0.3, 0.4) is 0 Å². The molecule has 0 radical (unpaired) electrons. The van der Waals surface area contributed by atoms with Crippen molar-refractivity contribution in [1.82, 2.24) is 14.8 Å². The summed E-state index contributed by atoms with van der Waals surface area (Å²) in [6, 6.07) is 16.9. The zero-order valence-electron chi connectivity index (χ0n) is 14.1. The van der Waals surface area contributed by atoms with Gasteiger partial charge in [-0.25, -0.2) is 0 Å². The molecule has 0 amide bonds. The number of benzene rings is 2. The van der Waals surface area contributed by atoms with E-state index in [0.29, 0.717) is 6.54 Å². The molecular weight excluding hydrogens is 357 g/mol. The molecule has 0 saturated carbocycles. The number of β-amino-alcohol motifs (C(OH)–C–C–N with tert-alkyl or cyclic N) is 1. The number of aliphatic hydroxyl groups is 1. The number of aromatic nitrogens is 1. The summed E-state index contributed by atoms with van der Waals surface area (Å²) in [5.41, 5.74) is 2.40. The first-order chi connectivity index (χ1) is 11.3. The Morgan fingerprint density at radius 2 is 1.36 bits per heavy atom. The Balaban J connectivity index is 0.00000113. The SMILES string of the molecule is Cl.Cl.OC(CN1CCNCC1)Cn1c2ccccc2c2ccccc21. The highest BCUT2D eigenvalue weighted by molar-refractivity contribution is 6.07. The van der Waals surface area contributed by atoms with Crippen LogP contribution in [0.5, 0.6) is 0 Å². The molecule has 1 aliphatic heterocycles. The number of hydrogen-bond donors (Lipinski definition) is 2. The maximum absolute atomic E-state index is 10.6. The molecule has 1 saturated heterocycles. The molecule has 1 fully saturated rings. The second-order valence-electron chi connectivity index (χ2n) is 6.35. The van der Waals surface area contributed by atoms with Gasteiger partial charge in [0.25, 0.3) is 0 Å². The van der Waals surface area contributed by atoms with Gasteiger partial charge in [-0.1, -0.05) is 36.4 Å². The lowest BCUT2D eigenvalue weighted by atomic mass is 10.2. The summed E-state index contributed by atoms with van der Waals surface area (Å²) < 4.78 is 2.26. The van der Waals surface area contributed by atoms with Crippen molar-refractivity contribution in [3.05, 3.63) is 48.5 Å². The van der Waals surface area contributed by atoms with Gasteiger partial charge >= 0.3 is 0 Å². The van der Waals surface area contributed by atoms with E-state index in [1.54, 1.807) is 0 Å². The highest BCUT2D eigenvalue weighted by Gasteiger charge is 2.17. The number of aliphatic hydroxyl groups excluding tert-OH is 1. The molecule has 4 nitrogen and oxygen atoms in total. The van der Waals surface area contributed by atoms with Gasteiger partial charge in [-0.05, 0) is 12.1 Å². The van der Waals surface area contributed by atoms with E-state index >= 15 is 0 Å². The predicted molar refractivity (Wildman–Crippen MR) is 109 cm³/mol. The van der Waals surface area contributed by atoms with Gasteiger partial charge in [0.2, 0.25) is 0 Å². The van der Waals surface area contributed by atoms with Crippen molar-refractivity contribution in [2.24, 2.45) is 0 Å². The number of fused-ring (bicyclic) bond motifs is 3. The summed E-state index contributed by atoms with van der Waals surface area (Å²) in [6.45, 7) is 5.44. The predicted octanol–water partition coefficient (Wildman–Crippen LogP) is 2.90. The molecule has 2 N–H and O–H groups in total. The van der Waals surface area contributed by atoms with Gasteiger partial charge in [0.15, 0.2) is 0 Å². The van der Waals surface area contributed by atoms with Crippen LogP contribution in [0, 0.1) is 0 Å². The Kier molecular flexibility index (Phi) is 7.11. The molecule has 1 atom stereocenters. The standard InChI is InChI=1S/C19H23N3O.2ClH/c23-15(13-21-11-9-20-10-12-21)14-22-18-7-3-1-5-16(18)17-6-2-4-8-19(17)22;;/h1-8,15,20,23H,9-14H2;2*1H. The van der Waals surface area contributed by atoms with Crippen molar-refractivity contribution in [1.29, 1.82) is 0 Å². The van der Waals surface area contributed by atoms with E-state index in [-0.39, 0.29) is 30.9 Å². The van der Waals surface area contributed by atoms with E-state index in [1.165, 1.54) is 21.8 Å². The summed E-state index contributed by atoms with van der Waals surface area (Å²) >= 11 is 0. The van der Waals surface area contributed by atoms with Crippen molar-refractivity contribution >= 4 is 46.6 Å². The van der Waals surface area contributed by atoms with Crippen LogP contribution < -0.4 is 5.32 Å². The number of rotatable bonds is 4. The lowest BCUT2D eigenvalue weighted by Crippen LogP contribution is -2.46. The van der Waals surface area contributed by atoms with Crippen molar-refractivity contribution in [3.63, 3.8) is 0 Å². The second-order valence-corrected chi connectivity index (χ2v) is 6.35. The molecule has 0 spiro atoms. The Morgan fingerprint density at radius 1 is 0.840 bits per heavy atom. The number of nitrogens with zero attached hydrogens (tertiary/aromatic N) is 2. The minimum Gasteiger partial charge on any atom is -0.390 e. The van der Waals surface area contributed by atoms with E-state index in [9.17, 15) is 5.11 Å². The fourth-order valence-electron chi connectivity index (χ4n) is 3.66. The normalized spacial score (nSPS) is 16.4.